The molecule has 28 heavy (non-hydrogen) atoms. The molecule has 1 aromatic carbocycles. The van der Waals surface area contributed by atoms with E-state index in [4.69, 9.17) is 4.74 Å². The molecule has 144 valence electrons. The molecular formula is C22H24N4O2. The Hall–Kier alpha value is -2.70. The van der Waals surface area contributed by atoms with E-state index in [9.17, 15) is 4.79 Å². The molecule has 0 N–H and O–H groups in total. The number of piperazine rings is 1. The Morgan fingerprint density at radius 2 is 1.96 bits per heavy atom. The maximum atomic E-state index is 13.3. The Labute approximate surface area is 164 Å². The Bertz CT molecular complexity index is 1000. The molecule has 2 aliphatic heterocycles. The fraction of sp³-hybridized carbons (Fsp3) is 0.364. The Morgan fingerprint density at radius 1 is 1.11 bits per heavy atom. The lowest BCUT2D eigenvalue weighted by Crippen LogP contribution is -2.60. The van der Waals surface area contributed by atoms with Crippen molar-refractivity contribution in [1.82, 2.24) is 19.2 Å². The molecule has 2 fully saturated rings. The molecule has 0 bridgehead atoms. The van der Waals surface area contributed by atoms with Crippen molar-refractivity contribution in [3.63, 3.8) is 0 Å². The second-order valence-corrected chi connectivity index (χ2v) is 7.64. The van der Waals surface area contributed by atoms with Gasteiger partial charge in [0.15, 0.2) is 0 Å². The summed E-state index contributed by atoms with van der Waals surface area (Å²) in [6.45, 7) is 5.59. The van der Waals surface area contributed by atoms with Crippen LogP contribution in [0.25, 0.3) is 5.65 Å². The molecule has 2 aromatic heterocycles. The van der Waals surface area contributed by atoms with Crippen molar-refractivity contribution in [2.24, 2.45) is 0 Å². The second kappa shape index (κ2) is 7.04. The highest BCUT2D eigenvalue weighted by atomic mass is 16.5. The third-order valence-electron chi connectivity index (χ3n) is 5.82. The fourth-order valence-corrected chi connectivity index (χ4v) is 4.46. The van der Waals surface area contributed by atoms with Gasteiger partial charge in [-0.1, -0.05) is 30.3 Å². The van der Waals surface area contributed by atoms with Crippen molar-refractivity contribution in [2.75, 3.05) is 32.8 Å². The van der Waals surface area contributed by atoms with Gasteiger partial charge in [-0.05, 0) is 24.6 Å². The van der Waals surface area contributed by atoms with Crippen molar-refractivity contribution in [3.05, 3.63) is 71.7 Å². The van der Waals surface area contributed by atoms with Gasteiger partial charge in [0.1, 0.15) is 5.65 Å². The summed E-state index contributed by atoms with van der Waals surface area (Å²) in [5.74, 6) is 0.0534. The third-order valence-corrected chi connectivity index (χ3v) is 5.82. The number of carbonyl (C=O) groups is 1. The highest BCUT2D eigenvalue weighted by Crippen LogP contribution is 2.30. The largest absolute Gasteiger partial charge is 0.378 e. The second-order valence-electron chi connectivity index (χ2n) is 7.64. The van der Waals surface area contributed by atoms with Crippen LogP contribution in [0.3, 0.4) is 0 Å². The normalized spacial score (nSPS) is 23.0. The van der Waals surface area contributed by atoms with E-state index in [2.05, 4.69) is 34.1 Å². The fourth-order valence-electron chi connectivity index (χ4n) is 4.46. The summed E-state index contributed by atoms with van der Waals surface area (Å²) in [5.41, 5.74) is 3.59. The lowest BCUT2D eigenvalue weighted by Gasteiger charge is -2.48. The van der Waals surface area contributed by atoms with E-state index in [-0.39, 0.29) is 18.0 Å². The van der Waals surface area contributed by atoms with Crippen LogP contribution in [0.2, 0.25) is 0 Å². The summed E-state index contributed by atoms with van der Waals surface area (Å²) in [6.07, 6.45) is 3.88. The molecule has 0 saturated carbocycles. The number of amides is 1. The van der Waals surface area contributed by atoms with Crippen LogP contribution in [0.15, 0.2) is 54.9 Å². The van der Waals surface area contributed by atoms with E-state index >= 15 is 0 Å². The maximum absolute atomic E-state index is 13.3. The Balaban J connectivity index is 1.37. The molecule has 0 aliphatic carbocycles. The number of benzene rings is 1. The molecular weight excluding hydrogens is 352 g/mol. The van der Waals surface area contributed by atoms with Crippen LogP contribution < -0.4 is 0 Å². The molecule has 4 heterocycles. The number of aryl methyl sites for hydroxylation is 1. The van der Waals surface area contributed by atoms with Gasteiger partial charge in [0.2, 0.25) is 0 Å². The number of fused-ring (bicyclic) bond motifs is 2. The predicted octanol–water partition coefficient (Wildman–Crippen LogP) is 2.54. The average molecular weight is 376 g/mol. The topological polar surface area (TPSA) is 50.1 Å². The zero-order valence-corrected chi connectivity index (χ0v) is 16.0. The number of hydrogen-bond donors (Lipinski definition) is 0. The van der Waals surface area contributed by atoms with Gasteiger partial charge in [-0.2, -0.15) is 0 Å². The van der Waals surface area contributed by atoms with Gasteiger partial charge in [0, 0.05) is 32.0 Å². The number of aromatic nitrogens is 2. The van der Waals surface area contributed by atoms with Gasteiger partial charge in [-0.15, -0.1) is 0 Å². The number of imidazole rings is 1. The number of hydrogen-bond acceptors (Lipinski definition) is 4. The highest BCUT2D eigenvalue weighted by molar-refractivity contribution is 5.99. The standard InChI is InChI=1S/C22H24N4O2/c1-16-12-24-9-5-8-19(21(24)23-16)22(27)25-10-11-26-18(13-25)14-28-15-20(26)17-6-3-2-4-7-17/h2-9,12,18,20H,10-11,13-15H2,1H3/t18-,20-/m1/s1. The van der Waals surface area contributed by atoms with E-state index in [1.165, 1.54) is 5.56 Å². The Morgan fingerprint density at radius 3 is 2.82 bits per heavy atom. The van der Waals surface area contributed by atoms with E-state index in [0.717, 1.165) is 24.4 Å². The van der Waals surface area contributed by atoms with Crippen molar-refractivity contribution < 1.29 is 9.53 Å². The number of carbonyl (C=O) groups excluding carboxylic acids is 1. The first-order valence-electron chi connectivity index (χ1n) is 9.83. The van der Waals surface area contributed by atoms with Crippen LogP contribution in [0.5, 0.6) is 0 Å². The monoisotopic (exact) mass is 376 g/mol. The zero-order valence-electron chi connectivity index (χ0n) is 16.0. The summed E-state index contributed by atoms with van der Waals surface area (Å²) in [6, 6.07) is 14.8. The lowest BCUT2D eigenvalue weighted by molar-refractivity contribution is -0.0770. The minimum Gasteiger partial charge on any atom is -0.378 e. The molecule has 1 amide bonds. The van der Waals surface area contributed by atoms with Crippen LogP contribution in [-0.4, -0.2) is 64.0 Å². The van der Waals surface area contributed by atoms with E-state index < -0.39 is 0 Å². The van der Waals surface area contributed by atoms with Crippen molar-refractivity contribution in [1.29, 1.82) is 0 Å². The minimum atomic E-state index is 0.0534. The lowest BCUT2D eigenvalue weighted by atomic mass is 10.00. The third kappa shape index (κ3) is 2.99. The van der Waals surface area contributed by atoms with E-state index in [1.54, 1.807) is 0 Å². The SMILES string of the molecule is Cc1cn2cccc(C(=O)N3CCN4[C@@H](COC[C@@H]4c4ccccc4)C3)c2n1. The zero-order chi connectivity index (χ0) is 19.1. The Kier molecular flexibility index (Phi) is 4.37. The van der Waals surface area contributed by atoms with Crippen LogP contribution in [0.4, 0.5) is 0 Å². The van der Waals surface area contributed by atoms with Crippen molar-refractivity contribution in [3.8, 4) is 0 Å². The number of morpholine rings is 1. The number of nitrogens with zero attached hydrogens (tertiary/aromatic N) is 4. The van der Waals surface area contributed by atoms with E-state index in [0.29, 0.717) is 25.3 Å². The summed E-state index contributed by atoms with van der Waals surface area (Å²) in [4.78, 5) is 22.3. The molecule has 0 radical (unpaired) electrons. The average Bonchev–Trinajstić information content (AvgIpc) is 3.13. The van der Waals surface area contributed by atoms with Crippen molar-refractivity contribution in [2.45, 2.75) is 19.0 Å². The number of ether oxygens (including phenoxy) is 1. The molecule has 2 saturated heterocycles. The number of rotatable bonds is 2. The summed E-state index contributed by atoms with van der Waals surface area (Å²) in [7, 11) is 0. The van der Waals surface area contributed by atoms with Crippen LogP contribution in [0.1, 0.15) is 27.7 Å². The predicted molar refractivity (Wildman–Crippen MR) is 106 cm³/mol. The van der Waals surface area contributed by atoms with Gasteiger partial charge in [-0.3, -0.25) is 9.69 Å². The number of pyridine rings is 1. The van der Waals surface area contributed by atoms with Crippen LogP contribution >= 0.6 is 0 Å². The molecule has 5 rings (SSSR count). The molecule has 6 nitrogen and oxygen atoms in total. The molecule has 0 spiro atoms. The first-order chi connectivity index (χ1) is 13.7. The maximum Gasteiger partial charge on any atom is 0.257 e. The smallest absolute Gasteiger partial charge is 0.257 e. The molecule has 2 aliphatic rings. The summed E-state index contributed by atoms with van der Waals surface area (Å²) in [5, 5.41) is 0. The van der Waals surface area contributed by atoms with E-state index in [1.807, 2.05) is 46.8 Å². The molecule has 2 atom stereocenters. The molecule has 6 heteroatoms. The van der Waals surface area contributed by atoms with Crippen LogP contribution in [-0.2, 0) is 4.74 Å². The van der Waals surface area contributed by atoms with Crippen LogP contribution in [0, 0.1) is 6.92 Å². The first-order valence-corrected chi connectivity index (χ1v) is 9.83. The highest BCUT2D eigenvalue weighted by Gasteiger charge is 2.38. The summed E-state index contributed by atoms with van der Waals surface area (Å²) < 4.78 is 7.84. The molecule has 0 unspecified atom stereocenters. The van der Waals surface area contributed by atoms with Gasteiger partial charge in [0.25, 0.3) is 5.91 Å². The van der Waals surface area contributed by atoms with Gasteiger partial charge in [-0.25, -0.2) is 4.98 Å². The molecule has 3 aromatic rings. The van der Waals surface area contributed by atoms with Crippen molar-refractivity contribution >= 4 is 11.6 Å². The van der Waals surface area contributed by atoms with Gasteiger partial charge >= 0.3 is 0 Å². The first kappa shape index (κ1) is 17.4. The van der Waals surface area contributed by atoms with Gasteiger partial charge < -0.3 is 14.0 Å². The summed E-state index contributed by atoms with van der Waals surface area (Å²) >= 11 is 0. The van der Waals surface area contributed by atoms with Gasteiger partial charge in [0.05, 0.1) is 36.6 Å². The minimum absolute atomic E-state index is 0.0534. The quantitative estimate of drug-likeness (QED) is 0.690.